The first kappa shape index (κ1) is 24.0. The molecule has 1 fully saturated rings. The molecule has 1 aromatic carbocycles. The largest absolute Gasteiger partial charge is 0.379 e. The number of carbonyl (C=O) groups is 1. The van der Waals surface area contributed by atoms with Crippen molar-refractivity contribution < 1.29 is 17.9 Å². The van der Waals surface area contributed by atoms with Gasteiger partial charge in [0.15, 0.2) is 0 Å². The van der Waals surface area contributed by atoms with Crippen LogP contribution in [-0.2, 0) is 40.6 Å². The molecule has 3 aromatic rings. The van der Waals surface area contributed by atoms with Crippen molar-refractivity contribution in [2.75, 3.05) is 26.3 Å². The molecule has 1 amide bonds. The first-order valence-electron chi connectivity index (χ1n) is 12.8. The number of thiophene rings is 1. The van der Waals surface area contributed by atoms with Gasteiger partial charge in [-0.1, -0.05) is 6.42 Å². The molecule has 0 bridgehead atoms. The average Bonchev–Trinajstić information content (AvgIpc) is 3.11. The molecule has 0 N–H and O–H groups in total. The molecule has 2 aromatic heterocycles. The Morgan fingerprint density at radius 1 is 0.944 bits per heavy atom. The SMILES string of the molecule is O=C(N=c1c2c3c(sc2nc2n1CCCCC2)CCCC3)c1ccc(S(=O)(=O)N2CCOCC2)cc1. The Kier molecular flexibility index (Phi) is 6.53. The minimum Gasteiger partial charge on any atom is -0.379 e. The van der Waals surface area contributed by atoms with E-state index in [-0.39, 0.29) is 10.8 Å². The maximum Gasteiger partial charge on any atom is 0.278 e. The molecule has 2 aliphatic heterocycles. The maximum atomic E-state index is 13.4. The number of benzene rings is 1. The Labute approximate surface area is 214 Å². The van der Waals surface area contributed by atoms with Crippen molar-refractivity contribution in [1.29, 1.82) is 0 Å². The molecular formula is C26H30N4O4S2. The molecule has 190 valence electrons. The van der Waals surface area contributed by atoms with Crippen LogP contribution >= 0.6 is 11.3 Å². The molecular weight excluding hydrogens is 496 g/mol. The van der Waals surface area contributed by atoms with Crippen molar-refractivity contribution in [2.24, 2.45) is 4.99 Å². The van der Waals surface area contributed by atoms with Gasteiger partial charge in [0.2, 0.25) is 10.0 Å². The average molecular weight is 527 g/mol. The smallest absolute Gasteiger partial charge is 0.278 e. The molecule has 36 heavy (non-hydrogen) atoms. The second kappa shape index (κ2) is 9.81. The summed E-state index contributed by atoms with van der Waals surface area (Å²) in [6.45, 7) is 2.27. The normalized spacial score (nSPS) is 19.6. The van der Waals surface area contributed by atoms with Crippen molar-refractivity contribution in [2.45, 2.75) is 62.8 Å². The number of ether oxygens (including phenoxy) is 1. The first-order chi connectivity index (χ1) is 17.5. The highest BCUT2D eigenvalue weighted by molar-refractivity contribution is 7.89. The van der Waals surface area contributed by atoms with E-state index >= 15 is 0 Å². The Morgan fingerprint density at radius 2 is 1.69 bits per heavy atom. The van der Waals surface area contributed by atoms with Crippen molar-refractivity contribution in [3.05, 3.63) is 51.6 Å². The van der Waals surface area contributed by atoms with Crippen LogP contribution in [0, 0.1) is 0 Å². The molecule has 0 atom stereocenters. The van der Waals surface area contributed by atoms with Gasteiger partial charge in [-0.25, -0.2) is 13.4 Å². The second-order valence-corrected chi connectivity index (χ2v) is 12.7. The number of nitrogens with zero attached hydrogens (tertiary/aromatic N) is 4. The van der Waals surface area contributed by atoms with E-state index in [1.807, 2.05) is 0 Å². The highest BCUT2D eigenvalue weighted by atomic mass is 32.2. The van der Waals surface area contributed by atoms with Gasteiger partial charge in [0.25, 0.3) is 5.91 Å². The Hall–Kier alpha value is -2.40. The quantitative estimate of drug-likeness (QED) is 0.521. The molecule has 10 heteroatoms. The summed E-state index contributed by atoms with van der Waals surface area (Å²) in [6.07, 6.45) is 8.58. The van der Waals surface area contributed by atoms with Gasteiger partial charge < -0.3 is 9.30 Å². The molecule has 6 rings (SSSR count). The third-order valence-corrected chi connectivity index (χ3v) is 10.5. The summed E-state index contributed by atoms with van der Waals surface area (Å²) in [7, 11) is -3.61. The van der Waals surface area contributed by atoms with E-state index in [9.17, 15) is 13.2 Å². The maximum absolute atomic E-state index is 13.4. The molecule has 0 saturated carbocycles. The topological polar surface area (TPSA) is 93.9 Å². The number of aryl methyl sites for hydroxylation is 3. The summed E-state index contributed by atoms with van der Waals surface area (Å²) in [5.41, 5.74) is 2.42. The summed E-state index contributed by atoms with van der Waals surface area (Å²) in [5.74, 6) is 0.657. The lowest BCUT2D eigenvalue weighted by atomic mass is 9.97. The molecule has 4 heterocycles. The van der Waals surface area contributed by atoms with Gasteiger partial charge in [-0.3, -0.25) is 4.79 Å². The fourth-order valence-corrected chi connectivity index (χ4v) is 8.12. The van der Waals surface area contributed by atoms with Crippen LogP contribution in [0.2, 0.25) is 0 Å². The van der Waals surface area contributed by atoms with Crippen LogP contribution in [0.1, 0.15) is 58.7 Å². The van der Waals surface area contributed by atoms with Gasteiger partial charge in [-0.05, 0) is 68.4 Å². The van der Waals surface area contributed by atoms with Gasteiger partial charge in [-0.15, -0.1) is 11.3 Å². The minimum atomic E-state index is -3.61. The number of sulfonamides is 1. The van der Waals surface area contributed by atoms with Gasteiger partial charge >= 0.3 is 0 Å². The fourth-order valence-electron chi connectivity index (χ4n) is 5.43. The third-order valence-electron chi connectivity index (χ3n) is 7.37. The predicted molar refractivity (Wildman–Crippen MR) is 138 cm³/mol. The zero-order chi connectivity index (χ0) is 24.7. The lowest BCUT2D eigenvalue weighted by Crippen LogP contribution is -2.40. The van der Waals surface area contributed by atoms with Gasteiger partial charge in [0, 0.05) is 36.5 Å². The zero-order valence-corrected chi connectivity index (χ0v) is 21.9. The Bertz CT molecular complexity index is 1480. The molecule has 0 spiro atoms. The Balaban J connectivity index is 1.41. The number of carbonyl (C=O) groups excluding carboxylic acids is 1. The Morgan fingerprint density at radius 3 is 2.50 bits per heavy atom. The molecule has 3 aliphatic rings. The molecule has 8 nitrogen and oxygen atoms in total. The number of morpholine rings is 1. The molecule has 1 saturated heterocycles. The van der Waals surface area contributed by atoms with Crippen molar-refractivity contribution in [3.63, 3.8) is 0 Å². The zero-order valence-electron chi connectivity index (χ0n) is 20.2. The lowest BCUT2D eigenvalue weighted by molar-refractivity contribution is 0.0730. The minimum absolute atomic E-state index is 0.183. The van der Waals surface area contributed by atoms with Crippen LogP contribution in [0.3, 0.4) is 0 Å². The summed E-state index contributed by atoms with van der Waals surface area (Å²) >= 11 is 1.76. The number of hydrogen-bond acceptors (Lipinski definition) is 6. The lowest BCUT2D eigenvalue weighted by Gasteiger charge is -2.26. The number of rotatable bonds is 3. The van der Waals surface area contributed by atoms with Gasteiger partial charge in [-0.2, -0.15) is 9.30 Å². The van der Waals surface area contributed by atoms with Crippen molar-refractivity contribution in [1.82, 2.24) is 13.9 Å². The first-order valence-corrected chi connectivity index (χ1v) is 15.1. The van der Waals surface area contributed by atoms with Crippen LogP contribution in [0.4, 0.5) is 0 Å². The van der Waals surface area contributed by atoms with E-state index in [1.54, 1.807) is 23.5 Å². The molecule has 0 unspecified atom stereocenters. The second-order valence-electron chi connectivity index (χ2n) is 9.66. The van der Waals surface area contributed by atoms with Crippen LogP contribution in [-0.4, -0.2) is 54.5 Å². The predicted octanol–water partition coefficient (Wildman–Crippen LogP) is 3.47. The van der Waals surface area contributed by atoms with Crippen molar-refractivity contribution in [3.8, 4) is 0 Å². The number of aromatic nitrogens is 2. The van der Waals surface area contributed by atoms with Crippen LogP contribution in [0.25, 0.3) is 10.2 Å². The van der Waals surface area contributed by atoms with Crippen molar-refractivity contribution >= 4 is 37.5 Å². The van der Waals surface area contributed by atoms with E-state index in [2.05, 4.69) is 9.56 Å². The van der Waals surface area contributed by atoms with E-state index < -0.39 is 10.0 Å². The summed E-state index contributed by atoms with van der Waals surface area (Å²) < 4.78 is 34.8. The fraction of sp³-hybridized carbons (Fsp3) is 0.500. The monoisotopic (exact) mass is 526 g/mol. The van der Waals surface area contributed by atoms with E-state index in [0.717, 1.165) is 73.0 Å². The highest BCUT2D eigenvalue weighted by Crippen LogP contribution is 2.34. The van der Waals surface area contributed by atoms with Crippen LogP contribution < -0.4 is 5.49 Å². The van der Waals surface area contributed by atoms with Gasteiger partial charge in [0.05, 0.1) is 23.5 Å². The van der Waals surface area contributed by atoms with Crippen LogP contribution in [0.5, 0.6) is 0 Å². The van der Waals surface area contributed by atoms with E-state index in [1.165, 1.54) is 33.3 Å². The number of fused-ring (bicyclic) bond motifs is 4. The van der Waals surface area contributed by atoms with Crippen LogP contribution in [0.15, 0.2) is 34.2 Å². The van der Waals surface area contributed by atoms with Gasteiger partial charge in [0.1, 0.15) is 16.1 Å². The highest BCUT2D eigenvalue weighted by Gasteiger charge is 2.27. The summed E-state index contributed by atoms with van der Waals surface area (Å²) in [5, 5.41) is 1.04. The standard InChI is InChI=1S/C26H30N4O4S2/c31-25(18-9-11-19(12-10-18)36(32,33)29-14-16-34-17-15-29)28-24-23-20-6-3-4-7-21(20)35-26(23)27-22-8-2-1-5-13-30(22)24/h9-12H,1-8,13-17H2. The van der Waals surface area contributed by atoms with E-state index in [4.69, 9.17) is 9.72 Å². The number of amides is 1. The van der Waals surface area contributed by atoms with E-state index in [0.29, 0.717) is 31.9 Å². The summed E-state index contributed by atoms with van der Waals surface area (Å²) in [6, 6.07) is 6.17. The summed E-state index contributed by atoms with van der Waals surface area (Å²) in [4.78, 5) is 25.7. The molecule has 1 aliphatic carbocycles. The molecule has 0 radical (unpaired) electrons. The number of hydrogen-bond donors (Lipinski definition) is 0. The third kappa shape index (κ3) is 4.34.